The van der Waals surface area contributed by atoms with E-state index in [0.29, 0.717) is 11.8 Å². The molecule has 0 unspecified atom stereocenters. The third-order valence-corrected chi connectivity index (χ3v) is 3.98. The van der Waals surface area contributed by atoms with Crippen LogP contribution in [-0.2, 0) is 0 Å². The van der Waals surface area contributed by atoms with Crippen LogP contribution in [0.5, 0.6) is 5.75 Å². The maximum absolute atomic E-state index is 5.15. The van der Waals surface area contributed by atoms with Gasteiger partial charge in [-0.3, -0.25) is 0 Å². The summed E-state index contributed by atoms with van der Waals surface area (Å²) in [6, 6.07) is 7.71. The molecule has 3 rings (SSSR count). The molecule has 1 aromatic carbocycles. The molecule has 1 fully saturated rings. The highest BCUT2D eigenvalue weighted by molar-refractivity contribution is 5.57. The highest BCUT2D eigenvalue weighted by Crippen LogP contribution is 2.22. The number of benzene rings is 1. The Morgan fingerprint density at radius 2 is 1.91 bits per heavy atom. The second-order valence-corrected chi connectivity index (χ2v) is 5.66. The Morgan fingerprint density at radius 1 is 1.18 bits per heavy atom. The SMILES string of the molecule is COc1ccc(Nc2cnnc(N3CCC(C)CC3)n2)cc1. The Labute approximate surface area is 130 Å². The molecule has 6 nitrogen and oxygen atoms in total. The highest BCUT2D eigenvalue weighted by atomic mass is 16.5. The van der Waals surface area contributed by atoms with Crippen molar-refractivity contribution in [2.45, 2.75) is 19.8 Å². The summed E-state index contributed by atoms with van der Waals surface area (Å²) in [5, 5.41) is 11.5. The van der Waals surface area contributed by atoms with Crippen LogP contribution in [0.15, 0.2) is 30.5 Å². The molecule has 2 aromatic rings. The van der Waals surface area contributed by atoms with Crippen LogP contribution in [-0.4, -0.2) is 35.4 Å². The summed E-state index contributed by atoms with van der Waals surface area (Å²) in [5.74, 6) is 3.01. The number of anilines is 3. The summed E-state index contributed by atoms with van der Waals surface area (Å²) in [7, 11) is 1.66. The zero-order valence-corrected chi connectivity index (χ0v) is 13.0. The van der Waals surface area contributed by atoms with E-state index in [1.807, 2.05) is 24.3 Å². The van der Waals surface area contributed by atoms with E-state index in [9.17, 15) is 0 Å². The molecule has 0 radical (unpaired) electrons. The molecule has 2 heterocycles. The first-order valence-electron chi connectivity index (χ1n) is 7.60. The van der Waals surface area contributed by atoms with Crippen molar-refractivity contribution < 1.29 is 4.74 Å². The molecule has 1 N–H and O–H groups in total. The lowest BCUT2D eigenvalue weighted by atomic mass is 10.00. The van der Waals surface area contributed by atoms with E-state index >= 15 is 0 Å². The van der Waals surface area contributed by atoms with Gasteiger partial charge in [-0.25, -0.2) is 0 Å². The van der Waals surface area contributed by atoms with E-state index in [1.54, 1.807) is 13.3 Å². The second kappa shape index (κ2) is 6.60. The van der Waals surface area contributed by atoms with Gasteiger partial charge in [0.2, 0.25) is 5.95 Å². The van der Waals surface area contributed by atoms with Crippen molar-refractivity contribution in [2.24, 2.45) is 5.92 Å². The normalized spacial score (nSPS) is 15.6. The van der Waals surface area contributed by atoms with Gasteiger partial charge in [0.15, 0.2) is 5.82 Å². The predicted octanol–water partition coefficient (Wildman–Crippen LogP) is 2.86. The van der Waals surface area contributed by atoms with Crippen molar-refractivity contribution in [2.75, 3.05) is 30.4 Å². The van der Waals surface area contributed by atoms with Crippen LogP contribution < -0.4 is 15.0 Å². The maximum Gasteiger partial charge on any atom is 0.247 e. The summed E-state index contributed by atoms with van der Waals surface area (Å²) in [5.41, 5.74) is 0.944. The first-order valence-corrected chi connectivity index (χ1v) is 7.60. The molecular weight excluding hydrogens is 278 g/mol. The summed E-state index contributed by atoms with van der Waals surface area (Å²) < 4.78 is 5.15. The van der Waals surface area contributed by atoms with Crippen molar-refractivity contribution in [1.82, 2.24) is 15.2 Å². The standard InChI is InChI=1S/C16H21N5O/c1-12-7-9-21(10-8-12)16-19-15(11-17-20-16)18-13-3-5-14(22-2)6-4-13/h3-6,11-12H,7-10H2,1-2H3,(H,18,19,20). The van der Waals surface area contributed by atoms with Gasteiger partial charge in [0.25, 0.3) is 0 Å². The fourth-order valence-electron chi connectivity index (χ4n) is 2.52. The Balaban J connectivity index is 1.70. The first-order chi connectivity index (χ1) is 10.7. The van der Waals surface area contributed by atoms with Gasteiger partial charge in [-0.05, 0) is 43.0 Å². The largest absolute Gasteiger partial charge is 0.497 e. The van der Waals surface area contributed by atoms with Gasteiger partial charge in [-0.15, -0.1) is 5.10 Å². The monoisotopic (exact) mass is 299 g/mol. The fourth-order valence-corrected chi connectivity index (χ4v) is 2.52. The van der Waals surface area contributed by atoms with Gasteiger partial charge >= 0.3 is 0 Å². The molecule has 1 aromatic heterocycles. The number of hydrogen-bond donors (Lipinski definition) is 1. The van der Waals surface area contributed by atoms with Crippen LogP contribution in [0.2, 0.25) is 0 Å². The van der Waals surface area contributed by atoms with Crippen molar-refractivity contribution in [3.8, 4) is 5.75 Å². The Morgan fingerprint density at radius 3 is 2.59 bits per heavy atom. The van der Waals surface area contributed by atoms with E-state index < -0.39 is 0 Å². The molecule has 1 aliphatic rings. The summed E-state index contributed by atoms with van der Waals surface area (Å²) >= 11 is 0. The maximum atomic E-state index is 5.15. The number of methoxy groups -OCH3 is 1. The van der Waals surface area contributed by atoms with Crippen LogP contribution in [0.3, 0.4) is 0 Å². The van der Waals surface area contributed by atoms with Crippen molar-refractivity contribution >= 4 is 17.5 Å². The minimum Gasteiger partial charge on any atom is -0.497 e. The summed E-state index contributed by atoms with van der Waals surface area (Å²) in [4.78, 5) is 6.77. The number of aromatic nitrogens is 3. The molecule has 116 valence electrons. The molecule has 0 amide bonds. The summed E-state index contributed by atoms with van der Waals surface area (Å²) in [6.45, 7) is 4.28. The quantitative estimate of drug-likeness (QED) is 0.936. The number of piperidine rings is 1. The van der Waals surface area contributed by atoms with Crippen LogP contribution in [0, 0.1) is 5.92 Å². The Bertz CT molecular complexity index is 608. The van der Waals surface area contributed by atoms with Gasteiger partial charge in [-0.2, -0.15) is 10.1 Å². The highest BCUT2D eigenvalue weighted by Gasteiger charge is 2.18. The average Bonchev–Trinajstić information content (AvgIpc) is 2.56. The molecule has 0 bridgehead atoms. The van der Waals surface area contributed by atoms with E-state index in [2.05, 4.69) is 32.3 Å². The van der Waals surface area contributed by atoms with Gasteiger partial charge in [0, 0.05) is 18.8 Å². The van der Waals surface area contributed by atoms with Crippen LogP contribution in [0.1, 0.15) is 19.8 Å². The van der Waals surface area contributed by atoms with E-state index in [1.165, 1.54) is 12.8 Å². The molecule has 0 spiro atoms. The fraction of sp³-hybridized carbons (Fsp3) is 0.438. The van der Waals surface area contributed by atoms with Crippen LogP contribution in [0.4, 0.5) is 17.5 Å². The molecule has 0 saturated carbocycles. The Hall–Kier alpha value is -2.37. The number of nitrogens with zero attached hydrogens (tertiary/aromatic N) is 4. The van der Waals surface area contributed by atoms with Gasteiger partial charge in [-0.1, -0.05) is 6.92 Å². The Kier molecular flexibility index (Phi) is 4.37. The summed E-state index contributed by atoms with van der Waals surface area (Å²) in [6.07, 6.45) is 4.00. The second-order valence-electron chi connectivity index (χ2n) is 5.66. The number of ether oxygens (including phenoxy) is 1. The van der Waals surface area contributed by atoms with Crippen LogP contribution >= 0.6 is 0 Å². The smallest absolute Gasteiger partial charge is 0.247 e. The zero-order valence-electron chi connectivity index (χ0n) is 13.0. The number of rotatable bonds is 4. The van der Waals surface area contributed by atoms with Crippen molar-refractivity contribution in [3.63, 3.8) is 0 Å². The molecule has 22 heavy (non-hydrogen) atoms. The van der Waals surface area contributed by atoms with Crippen LogP contribution in [0.25, 0.3) is 0 Å². The molecule has 1 aliphatic heterocycles. The van der Waals surface area contributed by atoms with E-state index in [4.69, 9.17) is 4.74 Å². The van der Waals surface area contributed by atoms with E-state index in [0.717, 1.165) is 30.4 Å². The molecule has 0 atom stereocenters. The molecule has 1 saturated heterocycles. The van der Waals surface area contributed by atoms with Gasteiger partial charge in [0.1, 0.15) is 5.75 Å². The average molecular weight is 299 g/mol. The third kappa shape index (κ3) is 3.44. The number of nitrogens with one attached hydrogen (secondary N) is 1. The predicted molar refractivity (Wildman–Crippen MR) is 86.7 cm³/mol. The topological polar surface area (TPSA) is 63.2 Å². The zero-order chi connectivity index (χ0) is 15.4. The molecule has 6 heteroatoms. The minimum absolute atomic E-state index is 0.699. The molecular formula is C16H21N5O. The lowest BCUT2D eigenvalue weighted by molar-refractivity contribution is 0.415. The molecule has 0 aliphatic carbocycles. The number of hydrogen-bond acceptors (Lipinski definition) is 6. The van der Waals surface area contributed by atoms with Crippen molar-refractivity contribution in [1.29, 1.82) is 0 Å². The van der Waals surface area contributed by atoms with Gasteiger partial charge < -0.3 is 15.0 Å². The van der Waals surface area contributed by atoms with E-state index in [-0.39, 0.29) is 0 Å². The van der Waals surface area contributed by atoms with Crippen molar-refractivity contribution in [3.05, 3.63) is 30.5 Å². The third-order valence-electron chi connectivity index (χ3n) is 3.98. The first kappa shape index (κ1) is 14.6. The van der Waals surface area contributed by atoms with Gasteiger partial charge in [0.05, 0.1) is 13.3 Å². The lowest BCUT2D eigenvalue weighted by Gasteiger charge is -2.29. The minimum atomic E-state index is 0.699. The lowest BCUT2D eigenvalue weighted by Crippen LogP contribution is -2.34.